The van der Waals surface area contributed by atoms with Gasteiger partial charge in [0.05, 0.1) is 24.3 Å². The van der Waals surface area contributed by atoms with E-state index in [0.717, 1.165) is 0 Å². The lowest BCUT2D eigenvalue weighted by Gasteiger charge is -2.15. The molecule has 33 heavy (non-hydrogen) atoms. The molecule has 0 saturated carbocycles. The van der Waals surface area contributed by atoms with Crippen LogP contribution in [0.1, 0.15) is 15.9 Å². The van der Waals surface area contributed by atoms with Crippen molar-refractivity contribution in [3.05, 3.63) is 52.5 Å². The molecule has 0 aliphatic carbocycles. The molecule has 0 radical (unpaired) electrons. The van der Waals surface area contributed by atoms with E-state index in [9.17, 15) is 13.2 Å². The standard InChI is InChI=1S/C21H26ClN3O6S2/c1-23-21(32)25-33(27,28)19-12-14(4-7-18(19)31-11-10-29-2)8-9-24-20(26)16-13-15(30-3)5-6-17(16)22/h4-7,12-13H,8-11H2,1-3H3,(H,24,26)(H2,23,25,32). The summed E-state index contributed by atoms with van der Waals surface area (Å²) in [6.45, 7) is 0.715. The SMILES string of the molecule is CNC(=S)NS(=O)(=O)c1cc(CCNC(=O)c2cc(OC)ccc2Cl)ccc1OCCOC. The number of thiocarbonyl (C=S) groups is 1. The molecule has 2 rings (SSSR count). The zero-order chi connectivity index (χ0) is 24.4. The third kappa shape index (κ3) is 7.74. The molecule has 2 aromatic carbocycles. The maximum absolute atomic E-state index is 12.8. The van der Waals surface area contributed by atoms with Crippen molar-refractivity contribution in [3.63, 3.8) is 0 Å². The van der Waals surface area contributed by atoms with E-state index < -0.39 is 10.0 Å². The van der Waals surface area contributed by atoms with Crippen molar-refractivity contribution in [2.45, 2.75) is 11.3 Å². The minimum Gasteiger partial charge on any atom is -0.497 e. The Labute approximate surface area is 203 Å². The molecule has 0 bridgehead atoms. The first-order chi connectivity index (χ1) is 15.7. The molecule has 0 aliphatic rings. The number of ether oxygens (including phenoxy) is 3. The van der Waals surface area contributed by atoms with Gasteiger partial charge in [-0.15, -0.1) is 0 Å². The Morgan fingerprint density at radius 1 is 1.12 bits per heavy atom. The van der Waals surface area contributed by atoms with Gasteiger partial charge < -0.3 is 24.8 Å². The van der Waals surface area contributed by atoms with Gasteiger partial charge in [-0.05, 0) is 54.5 Å². The van der Waals surface area contributed by atoms with Crippen LogP contribution in [-0.2, 0) is 21.2 Å². The van der Waals surface area contributed by atoms with Crippen LogP contribution in [0.3, 0.4) is 0 Å². The average Bonchev–Trinajstić information content (AvgIpc) is 2.79. The summed E-state index contributed by atoms with van der Waals surface area (Å²) in [4.78, 5) is 12.4. The molecule has 0 fully saturated rings. The maximum Gasteiger partial charge on any atom is 0.267 e. The van der Waals surface area contributed by atoms with E-state index >= 15 is 0 Å². The van der Waals surface area contributed by atoms with Gasteiger partial charge in [0.2, 0.25) is 0 Å². The number of hydrogen-bond donors (Lipinski definition) is 3. The van der Waals surface area contributed by atoms with Crippen LogP contribution in [0.4, 0.5) is 0 Å². The smallest absolute Gasteiger partial charge is 0.267 e. The first kappa shape index (κ1) is 26.7. The molecular weight excluding hydrogens is 490 g/mol. The highest BCUT2D eigenvalue weighted by Crippen LogP contribution is 2.26. The number of carbonyl (C=O) groups excluding carboxylic acids is 1. The number of halogens is 1. The average molecular weight is 516 g/mol. The molecule has 9 nitrogen and oxygen atoms in total. The zero-order valence-electron chi connectivity index (χ0n) is 18.4. The third-order valence-electron chi connectivity index (χ3n) is 4.41. The number of carbonyl (C=O) groups is 1. The number of rotatable bonds is 11. The Hall–Kier alpha value is -2.60. The lowest BCUT2D eigenvalue weighted by Crippen LogP contribution is -2.37. The van der Waals surface area contributed by atoms with Gasteiger partial charge in [-0.1, -0.05) is 17.7 Å². The summed E-state index contributed by atoms with van der Waals surface area (Å²) in [6.07, 6.45) is 0.366. The summed E-state index contributed by atoms with van der Waals surface area (Å²) in [5.74, 6) is 0.303. The van der Waals surface area contributed by atoms with Crippen molar-refractivity contribution in [2.75, 3.05) is 41.0 Å². The fourth-order valence-electron chi connectivity index (χ4n) is 2.72. The largest absolute Gasteiger partial charge is 0.497 e. The predicted octanol–water partition coefficient (Wildman–Crippen LogP) is 2.13. The van der Waals surface area contributed by atoms with Crippen molar-refractivity contribution in [1.29, 1.82) is 0 Å². The van der Waals surface area contributed by atoms with Gasteiger partial charge >= 0.3 is 0 Å². The molecule has 0 heterocycles. The highest BCUT2D eigenvalue weighted by molar-refractivity contribution is 7.92. The van der Waals surface area contributed by atoms with Gasteiger partial charge in [0.1, 0.15) is 23.0 Å². The van der Waals surface area contributed by atoms with Crippen molar-refractivity contribution in [2.24, 2.45) is 0 Å². The molecule has 0 aromatic heterocycles. The number of benzene rings is 2. The van der Waals surface area contributed by atoms with Crippen LogP contribution >= 0.6 is 23.8 Å². The number of amides is 1. The normalized spacial score (nSPS) is 10.9. The predicted molar refractivity (Wildman–Crippen MR) is 130 cm³/mol. The van der Waals surface area contributed by atoms with Crippen molar-refractivity contribution in [1.82, 2.24) is 15.4 Å². The van der Waals surface area contributed by atoms with Crippen LogP contribution in [0.2, 0.25) is 5.02 Å². The van der Waals surface area contributed by atoms with Crippen molar-refractivity contribution >= 4 is 44.9 Å². The van der Waals surface area contributed by atoms with E-state index in [4.69, 9.17) is 38.0 Å². The van der Waals surface area contributed by atoms with E-state index in [-0.39, 0.29) is 40.4 Å². The zero-order valence-corrected chi connectivity index (χ0v) is 20.8. The molecule has 0 saturated heterocycles. The van der Waals surface area contributed by atoms with Crippen LogP contribution in [0.15, 0.2) is 41.3 Å². The summed E-state index contributed by atoms with van der Waals surface area (Å²) in [6, 6.07) is 9.55. The van der Waals surface area contributed by atoms with Crippen LogP contribution in [0.5, 0.6) is 11.5 Å². The van der Waals surface area contributed by atoms with Crippen molar-refractivity contribution < 1.29 is 27.4 Å². The Morgan fingerprint density at radius 2 is 1.88 bits per heavy atom. The molecular formula is C21H26ClN3O6S2. The number of hydrogen-bond acceptors (Lipinski definition) is 7. The summed E-state index contributed by atoms with van der Waals surface area (Å²) in [5, 5.41) is 5.59. The second-order valence-electron chi connectivity index (χ2n) is 6.66. The molecule has 2 aromatic rings. The van der Waals surface area contributed by atoms with Gasteiger partial charge in [0, 0.05) is 20.7 Å². The topological polar surface area (TPSA) is 115 Å². The molecule has 12 heteroatoms. The van der Waals surface area contributed by atoms with E-state index in [0.29, 0.717) is 29.4 Å². The summed E-state index contributed by atoms with van der Waals surface area (Å²) in [7, 11) is 0.526. The molecule has 3 N–H and O–H groups in total. The lowest BCUT2D eigenvalue weighted by molar-refractivity contribution is 0.0954. The number of sulfonamides is 1. The van der Waals surface area contributed by atoms with Crippen LogP contribution in [0, 0.1) is 0 Å². The summed E-state index contributed by atoms with van der Waals surface area (Å²) in [5.41, 5.74) is 0.952. The summed E-state index contributed by atoms with van der Waals surface area (Å²) >= 11 is 11.0. The lowest BCUT2D eigenvalue weighted by atomic mass is 10.1. The van der Waals surface area contributed by atoms with Gasteiger partial charge in [0.25, 0.3) is 15.9 Å². The molecule has 1 amide bonds. The highest BCUT2D eigenvalue weighted by Gasteiger charge is 2.22. The van der Waals surface area contributed by atoms with Crippen molar-refractivity contribution in [3.8, 4) is 11.5 Å². The number of methoxy groups -OCH3 is 2. The van der Waals surface area contributed by atoms with E-state index in [1.165, 1.54) is 27.3 Å². The van der Waals surface area contributed by atoms with E-state index in [1.54, 1.807) is 30.3 Å². The maximum atomic E-state index is 12.8. The first-order valence-corrected chi connectivity index (χ1v) is 12.1. The Morgan fingerprint density at radius 3 is 2.55 bits per heavy atom. The van der Waals surface area contributed by atoms with E-state index in [1.807, 2.05) is 0 Å². The fraction of sp³-hybridized carbons (Fsp3) is 0.333. The molecule has 180 valence electrons. The number of nitrogens with one attached hydrogen (secondary N) is 3. The Bertz CT molecular complexity index is 1100. The van der Waals surface area contributed by atoms with Crippen LogP contribution in [-0.4, -0.2) is 60.5 Å². The van der Waals surface area contributed by atoms with Gasteiger partial charge in [0.15, 0.2) is 5.11 Å². The monoisotopic (exact) mass is 515 g/mol. The first-order valence-electron chi connectivity index (χ1n) is 9.82. The highest BCUT2D eigenvalue weighted by atomic mass is 35.5. The Kier molecular flexibility index (Phi) is 10.2. The quantitative estimate of drug-likeness (QED) is 0.308. The van der Waals surface area contributed by atoms with Crippen LogP contribution < -0.4 is 24.8 Å². The third-order valence-corrected chi connectivity index (χ3v) is 6.55. The molecule has 0 unspecified atom stereocenters. The second kappa shape index (κ2) is 12.6. The second-order valence-corrected chi connectivity index (χ2v) is 9.12. The Balaban J connectivity index is 2.16. The fourth-order valence-corrected chi connectivity index (χ4v) is 4.41. The molecule has 0 aliphatic heterocycles. The molecule has 0 spiro atoms. The van der Waals surface area contributed by atoms with Gasteiger partial charge in [-0.2, -0.15) is 0 Å². The minimum absolute atomic E-state index is 0.0503. The van der Waals surface area contributed by atoms with E-state index in [2.05, 4.69) is 15.4 Å². The van der Waals surface area contributed by atoms with Gasteiger partial charge in [-0.25, -0.2) is 8.42 Å². The minimum atomic E-state index is -4.00. The summed E-state index contributed by atoms with van der Waals surface area (Å²) < 4.78 is 43.6. The van der Waals surface area contributed by atoms with Gasteiger partial charge in [-0.3, -0.25) is 9.52 Å². The van der Waals surface area contributed by atoms with Crippen LogP contribution in [0.25, 0.3) is 0 Å². The molecule has 0 atom stereocenters.